The molecule has 16 heteroatoms. The van der Waals surface area contributed by atoms with Gasteiger partial charge in [-0.15, -0.1) is 0 Å². The molecular formula is C27H28N8O7S. The number of fused-ring (bicyclic) bond motifs is 2. The van der Waals surface area contributed by atoms with Crippen molar-refractivity contribution in [3.8, 4) is 0 Å². The molecule has 2 aromatic heterocycles. The van der Waals surface area contributed by atoms with Gasteiger partial charge in [-0.25, -0.2) is 37.7 Å². The van der Waals surface area contributed by atoms with Crippen molar-refractivity contribution in [3.05, 3.63) is 78.9 Å². The summed E-state index contributed by atoms with van der Waals surface area (Å²) in [4.78, 5) is 37.8. The van der Waals surface area contributed by atoms with Crippen molar-refractivity contribution < 1.29 is 32.2 Å². The number of nitrogens with zero attached hydrogens (tertiary/aromatic N) is 4. The number of hydrogen-bond acceptors (Lipinski definition) is 10. The highest BCUT2D eigenvalue weighted by Gasteiger charge is 2.53. The van der Waals surface area contributed by atoms with Crippen LogP contribution in [0, 0.1) is 0 Å². The van der Waals surface area contributed by atoms with E-state index in [0.29, 0.717) is 23.3 Å². The van der Waals surface area contributed by atoms with E-state index < -0.39 is 52.9 Å². The summed E-state index contributed by atoms with van der Waals surface area (Å²) in [6, 6.07) is 17.2. The van der Waals surface area contributed by atoms with Crippen LogP contribution in [0.4, 0.5) is 21.1 Å². The second-order valence-electron chi connectivity index (χ2n) is 9.96. The lowest BCUT2D eigenvalue weighted by molar-refractivity contribution is -0.142. The molecule has 0 bridgehead atoms. The number of amides is 4. The van der Waals surface area contributed by atoms with Crippen LogP contribution in [0.1, 0.15) is 11.8 Å². The van der Waals surface area contributed by atoms with Gasteiger partial charge in [-0.1, -0.05) is 48.5 Å². The smallest absolute Gasteiger partial charge is 0.328 e. The van der Waals surface area contributed by atoms with Crippen LogP contribution in [0.5, 0.6) is 0 Å². The van der Waals surface area contributed by atoms with E-state index in [1.54, 1.807) is 28.8 Å². The first-order valence-corrected chi connectivity index (χ1v) is 15.2. The summed E-state index contributed by atoms with van der Waals surface area (Å²) in [5.74, 6) is 0.188. The Morgan fingerprint density at radius 1 is 0.884 bits per heavy atom. The second-order valence-corrected chi connectivity index (χ2v) is 11.7. The first kappa shape index (κ1) is 28.5. The molecule has 2 saturated heterocycles. The predicted octanol–water partition coefficient (Wildman–Crippen LogP) is 1.98. The normalized spacial score (nSPS) is 23.0. The highest BCUT2D eigenvalue weighted by atomic mass is 32.2. The third-order valence-electron chi connectivity index (χ3n) is 6.79. The van der Waals surface area contributed by atoms with Gasteiger partial charge in [0.15, 0.2) is 29.5 Å². The molecule has 2 aliphatic heterocycles. The lowest BCUT2D eigenvalue weighted by atomic mass is 10.1. The Morgan fingerprint density at radius 2 is 1.60 bits per heavy atom. The highest BCUT2D eigenvalue weighted by molar-refractivity contribution is 7.89. The van der Waals surface area contributed by atoms with Gasteiger partial charge in [-0.2, -0.15) is 0 Å². The van der Waals surface area contributed by atoms with E-state index in [1.165, 1.54) is 12.7 Å². The van der Waals surface area contributed by atoms with Crippen molar-refractivity contribution in [2.75, 3.05) is 23.4 Å². The number of hydrogen-bond donors (Lipinski definition) is 4. The molecule has 0 radical (unpaired) electrons. The molecule has 2 aliphatic rings. The fourth-order valence-electron chi connectivity index (χ4n) is 5.01. The van der Waals surface area contributed by atoms with Crippen molar-refractivity contribution in [1.29, 1.82) is 0 Å². The van der Waals surface area contributed by atoms with E-state index in [4.69, 9.17) is 14.2 Å². The fraction of sp³-hybridized carbons (Fsp3) is 0.296. The molecule has 2 fully saturated rings. The van der Waals surface area contributed by atoms with E-state index in [-0.39, 0.29) is 12.4 Å². The second kappa shape index (κ2) is 11.9. The molecular weight excluding hydrogens is 580 g/mol. The lowest BCUT2D eigenvalue weighted by Crippen LogP contribution is -2.44. The topological polar surface area (TPSA) is 188 Å². The van der Waals surface area contributed by atoms with Gasteiger partial charge in [0.25, 0.3) is 0 Å². The number of carbonyl (C=O) groups is 2. The zero-order valence-corrected chi connectivity index (χ0v) is 23.6. The molecule has 15 nitrogen and oxygen atoms in total. The van der Waals surface area contributed by atoms with Crippen LogP contribution in [-0.4, -0.2) is 77.4 Å². The molecule has 0 saturated carbocycles. The first-order valence-electron chi connectivity index (χ1n) is 13.3. The van der Waals surface area contributed by atoms with Gasteiger partial charge in [-0.05, 0) is 17.7 Å². The highest BCUT2D eigenvalue weighted by Crippen LogP contribution is 2.41. The van der Waals surface area contributed by atoms with Gasteiger partial charge in [0, 0.05) is 18.7 Å². The number of carbonyl (C=O) groups excluding carboxylic acids is 2. The van der Waals surface area contributed by atoms with Gasteiger partial charge in [0.2, 0.25) is 10.0 Å². The number of rotatable bonds is 8. The van der Waals surface area contributed by atoms with Gasteiger partial charge in [0.1, 0.15) is 24.6 Å². The van der Waals surface area contributed by atoms with Crippen molar-refractivity contribution in [2.24, 2.45) is 0 Å². The van der Waals surface area contributed by atoms with Crippen molar-refractivity contribution in [2.45, 2.75) is 37.3 Å². The number of sulfonamides is 1. The average molecular weight is 609 g/mol. The van der Waals surface area contributed by atoms with Crippen LogP contribution in [0.2, 0.25) is 0 Å². The maximum atomic E-state index is 12.6. The van der Waals surface area contributed by atoms with Crippen LogP contribution < -0.4 is 20.7 Å². The number of imidazole rings is 1. The SMILES string of the molecule is CS(=O)(=O)NC(=O)NCC1OC(n2cnc3c(NC(=O)Nc4ccccc4)ncnc32)C2OC(Cc3ccccc3)OC12. The summed E-state index contributed by atoms with van der Waals surface area (Å²) in [5.41, 5.74) is 2.30. The van der Waals surface area contributed by atoms with Crippen LogP contribution in [0.3, 0.4) is 0 Å². The minimum Gasteiger partial charge on any atom is -0.347 e. The van der Waals surface area contributed by atoms with E-state index >= 15 is 0 Å². The Labute approximate surface area is 246 Å². The standard InChI is InChI=1S/C27H28N8O7S/c1-43(38,39)34-26(36)28-13-18-21-22(42-19(41-21)12-16-8-4-2-5-9-16)25(40-18)35-15-31-20-23(29-14-30-24(20)35)33-27(37)32-17-10-6-3-7-11-17/h2-11,14-15,18-19,21-22,25H,12-13H2,1H3,(H2,28,34,36)(H2,29,30,32,33,37). The third kappa shape index (κ3) is 6.56. The number of aromatic nitrogens is 4. The quantitative estimate of drug-likeness (QED) is 0.230. The zero-order valence-electron chi connectivity index (χ0n) is 22.8. The minimum absolute atomic E-state index is 0.0610. The molecule has 0 spiro atoms. The van der Waals surface area contributed by atoms with E-state index in [0.717, 1.165) is 11.8 Å². The Hall–Kier alpha value is -4.64. The molecule has 4 heterocycles. The number of nitrogens with one attached hydrogen (secondary N) is 4. The third-order valence-corrected chi connectivity index (χ3v) is 7.34. The number of para-hydroxylation sites is 1. The number of anilines is 2. The molecule has 224 valence electrons. The van der Waals surface area contributed by atoms with Crippen LogP contribution >= 0.6 is 0 Å². The lowest BCUT2D eigenvalue weighted by Gasteiger charge is -2.21. The van der Waals surface area contributed by atoms with Crippen LogP contribution in [-0.2, 0) is 30.7 Å². The summed E-state index contributed by atoms with van der Waals surface area (Å²) in [6.07, 6.45) is 0.857. The van der Waals surface area contributed by atoms with Gasteiger partial charge in [0.05, 0.1) is 12.6 Å². The molecule has 5 atom stereocenters. The van der Waals surface area contributed by atoms with Crippen molar-refractivity contribution in [1.82, 2.24) is 29.6 Å². The monoisotopic (exact) mass is 608 g/mol. The number of benzene rings is 2. The molecule has 2 aromatic carbocycles. The Balaban J connectivity index is 1.23. The largest absolute Gasteiger partial charge is 0.347 e. The van der Waals surface area contributed by atoms with Gasteiger partial charge in [-0.3, -0.25) is 9.88 Å². The number of urea groups is 2. The van der Waals surface area contributed by atoms with Gasteiger partial charge >= 0.3 is 12.1 Å². The van der Waals surface area contributed by atoms with Crippen molar-refractivity contribution in [3.63, 3.8) is 0 Å². The first-order chi connectivity index (χ1) is 20.7. The molecule has 43 heavy (non-hydrogen) atoms. The minimum atomic E-state index is -3.75. The molecule has 6 rings (SSSR count). The molecule has 4 amide bonds. The summed E-state index contributed by atoms with van der Waals surface area (Å²) < 4.78 is 45.3. The van der Waals surface area contributed by atoms with E-state index in [1.807, 2.05) is 41.1 Å². The Morgan fingerprint density at radius 3 is 2.35 bits per heavy atom. The molecule has 4 N–H and O–H groups in total. The average Bonchev–Trinajstić information content (AvgIpc) is 3.66. The Bertz CT molecular complexity index is 1720. The summed E-state index contributed by atoms with van der Waals surface area (Å²) in [7, 11) is -3.75. The molecule has 0 aliphatic carbocycles. The summed E-state index contributed by atoms with van der Waals surface area (Å²) in [6.45, 7) is -0.0610. The van der Waals surface area contributed by atoms with E-state index in [9.17, 15) is 18.0 Å². The van der Waals surface area contributed by atoms with E-state index in [2.05, 4.69) is 30.9 Å². The number of ether oxygens (including phenoxy) is 3. The van der Waals surface area contributed by atoms with Crippen LogP contribution in [0.25, 0.3) is 11.2 Å². The summed E-state index contributed by atoms with van der Waals surface area (Å²) >= 11 is 0. The van der Waals surface area contributed by atoms with Crippen LogP contribution in [0.15, 0.2) is 73.3 Å². The predicted molar refractivity (Wildman–Crippen MR) is 153 cm³/mol. The zero-order chi connectivity index (χ0) is 30.0. The van der Waals surface area contributed by atoms with Gasteiger partial charge < -0.3 is 24.8 Å². The maximum Gasteiger partial charge on any atom is 0.328 e. The fourth-order valence-corrected chi connectivity index (χ4v) is 5.42. The van der Waals surface area contributed by atoms with Crippen molar-refractivity contribution >= 4 is 44.8 Å². The molecule has 4 aromatic rings. The Kier molecular flexibility index (Phi) is 7.90. The maximum absolute atomic E-state index is 12.6. The molecule has 5 unspecified atom stereocenters. The summed E-state index contributed by atoms with van der Waals surface area (Å²) in [5, 5.41) is 7.95.